The molecule has 1 aromatic heterocycles. The Bertz CT molecular complexity index is 758. The Balaban J connectivity index is 2.42. The van der Waals surface area contributed by atoms with Crippen molar-refractivity contribution in [2.45, 2.75) is 18.5 Å². The molecule has 0 aliphatic rings. The maximum absolute atomic E-state index is 12.4. The van der Waals surface area contributed by atoms with Crippen LogP contribution in [0.3, 0.4) is 0 Å². The smallest absolute Gasteiger partial charge is 0.281 e. The van der Waals surface area contributed by atoms with Gasteiger partial charge in [-0.2, -0.15) is 13.5 Å². The van der Waals surface area contributed by atoms with Gasteiger partial charge in [0, 0.05) is 28.3 Å². The van der Waals surface area contributed by atoms with Crippen LogP contribution in [0.2, 0.25) is 0 Å². The first-order valence-electron chi connectivity index (χ1n) is 5.99. The first-order valence-corrected chi connectivity index (χ1v) is 8.27. The van der Waals surface area contributed by atoms with E-state index in [4.69, 9.17) is 10.5 Å². The highest BCUT2D eigenvalue weighted by molar-refractivity contribution is 9.10. The molecule has 0 saturated carbocycles. The van der Waals surface area contributed by atoms with Crippen molar-refractivity contribution in [3.63, 3.8) is 0 Å². The zero-order valence-corrected chi connectivity index (χ0v) is 13.9. The van der Waals surface area contributed by atoms with Crippen molar-refractivity contribution in [1.82, 2.24) is 10.2 Å². The Kier molecular flexibility index (Phi) is 4.55. The first kappa shape index (κ1) is 15.8. The molecule has 1 heterocycles. The average Bonchev–Trinajstić information content (AvgIpc) is 2.83. The molecule has 2 aromatic rings. The van der Waals surface area contributed by atoms with E-state index in [-0.39, 0.29) is 11.6 Å². The van der Waals surface area contributed by atoms with Crippen LogP contribution in [0.15, 0.2) is 27.7 Å². The van der Waals surface area contributed by atoms with Gasteiger partial charge in [-0.05, 0) is 35.0 Å². The Morgan fingerprint density at radius 2 is 2.19 bits per heavy atom. The Morgan fingerprint density at radius 1 is 1.48 bits per heavy atom. The summed E-state index contributed by atoms with van der Waals surface area (Å²) >= 11 is 3.29. The molecule has 1 aromatic carbocycles. The van der Waals surface area contributed by atoms with E-state index in [0.29, 0.717) is 27.2 Å². The largest absolute Gasteiger partial charge is 0.497 e. The number of benzene rings is 1. The molecule has 0 aliphatic heterocycles. The second-order valence-electron chi connectivity index (χ2n) is 4.29. The Hall–Kier alpha value is -1.58. The molecule has 0 radical (unpaired) electrons. The number of hydrogen-bond donors (Lipinski definition) is 3. The topological polar surface area (TPSA) is 110 Å². The number of nitrogens with zero attached hydrogens (tertiary/aromatic N) is 1. The zero-order valence-electron chi connectivity index (χ0n) is 11.5. The lowest BCUT2D eigenvalue weighted by Gasteiger charge is -2.10. The van der Waals surface area contributed by atoms with Gasteiger partial charge in [0.1, 0.15) is 5.75 Å². The van der Waals surface area contributed by atoms with Crippen molar-refractivity contribution in [3.05, 3.63) is 33.9 Å². The summed E-state index contributed by atoms with van der Waals surface area (Å²) in [4.78, 5) is 0. The summed E-state index contributed by atoms with van der Waals surface area (Å²) in [6, 6.07) is 4.98. The minimum Gasteiger partial charge on any atom is -0.497 e. The third kappa shape index (κ3) is 3.20. The number of rotatable bonds is 5. The second kappa shape index (κ2) is 6.04. The second-order valence-corrected chi connectivity index (χ2v) is 6.74. The van der Waals surface area contributed by atoms with Crippen LogP contribution in [0.4, 0.5) is 5.69 Å². The highest BCUT2D eigenvalue weighted by Gasteiger charge is 2.24. The molecule has 0 saturated heterocycles. The summed E-state index contributed by atoms with van der Waals surface area (Å²) in [7, 11) is -2.34. The summed E-state index contributed by atoms with van der Waals surface area (Å²) in [6.45, 7) is 1.80. The van der Waals surface area contributed by atoms with Crippen LogP contribution in [0.25, 0.3) is 0 Å². The molecule has 9 heteroatoms. The summed E-state index contributed by atoms with van der Waals surface area (Å²) in [5.74, 6) is 0.535. The van der Waals surface area contributed by atoms with E-state index in [0.717, 1.165) is 0 Å². The van der Waals surface area contributed by atoms with Crippen molar-refractivity contribution >= 4 is 31.6 Å². The van der Waals surface area contributed by atoms with Crippen molar-refractivity contribution in [2.24, 2.45) is 5.73 Å². The maximum atomic E-state index is 12.4. The number of aryl methyl sites for hydroxylation is 1. The molecule has 0 spiro atoms. The van der Waals surface area contributed by atoms with Crippen LogP contribution in [0, 0.1) is 6.92 Å². The van der Waals surface area contributed by atoms with Gasteiger partial charge in [-0.15, -0.1) is 0 Å². The van der Waals surface area contributed by atoms with E-state index in [1.165, 1.54) is 7.11 Å². The fraction of sp³-hybridized carbons (Fsp3) is 0.250. The quantitative estimate of drug-likeness (QED) is 0.738. The van der Waals surface area contributed by atoms with Crippen LogP contribution < -0.4 is 15.2 Å². The van der Waals surface area contributed by atoms with Crippen molar-refractivity contribution < 1.29 is 13.2 Å². The molecule has 114 valence electrons. The van der Waals surface area contributed by atoms with Crippen molar-refractivity contribution in [3.8, 4) is 5.75 Å². The molecule has 21 heavy (non-hydrogen) atoms. The zero-order chi connectivity index (χ0) is 15.6. The number of nitrogens with two attached hydrogens (primary N) is 1. The number of H-pyrrole nitrogens is 1. The van der Waals surface area contributed by atoms with Crippen LogP contribution in [-0.4, -0.2) is 25.7 Å². The summed E-state index contributed by atoms with van der Waals surface area (Å²) < 4.78 is 33.0. The third-order valence-electron chi connectivity index (χ3n) is 2.91. The molecule has 0 atom stereocenters. The lowest BCUT2D eigenvalue weighted by molar-refractivity contribution is 0.415. The van der Waals surface area contributed by atoms with Crippen molar-refractivity contribution in [2.75, 3.05) is 11.8 Å². The van der Waals surface area contributed by atoms with E-state index in [1.807, 2.05) is 0 Å². The van der Waals surface area contributed by atoms with Gasteiger partial charge in [-0.1, -0.05) is 0 Å². The molecule has 0 aliphatic carbocycles. The van der Waals surface area contributed by atoms with Crippen LogP contribution in [-0.2, 0) is 16.6 Å². The van der Waals surface area contributed by atoms with Crippen LogP contribution in [0.5, 0.6) is 5.75 Å². The van der Waals surface area contributed by atoms with E-state index in [9.17, 15) is 8.42 Å². The number of ether oxygens (including phenoxy) is 1. The normalized spacial score (nSPS) is 11.4. The number of aromatic amines is 1. The Labute approximate surface area is 131 Å². The first-order chi connectivity index (χ1) is 9.89. The summed E-state index contributed by atoms with van der Waals surface area (Å²) in [5.41, 5.74) is 7.03. The maximum Gasteiger partial charge on any atom is 0.281 e. The standard InChI is InChI=1S/C12H15BrN4O3S/c1-7-9(6-14)12(16-15-7)21(18,19)17-11-5-8(20-2)3-4-10(11)13/h3-5,17H,6,14H2,1-2H3,(H,15,16). The number of sulfonamides is 1. The SMILES string of the molecule is COc1ccc(Br)c(NS(=O)(=O)c2n[nH]c(C)c2CN)c1. The fourth-order valence-corrected chi connectivity index (χ4v) is 3.55. The van der Waals surface area contributed by atoms with Gasteiger partial charge < -0.3 is 10.5 Å². The molecule has 0 bridgehead atoms. The van der Waals surface area contributed by atoms with Gasteiger partial charge in [0.05, 0.1) is 12.8 Å². The van der Waals surface area contributed by atoms with Crippen LogP contribution >= 0.6 is 15.9 Å². The number of anilines is 1. The van der Waals surface area contributed by atoms with Gasteiger partial charge in [-0.25, -0.2) is 0 Å². The van der Waals surface area contributed by atoms with E-state index < -0.39 is 10.0 Å². The van der Waals surface area contributed by atoms with Gasteiger partial charge in [0.15, 0.2) is 0 Å². The molecule has 0 amide bonds. The van der Waals surface area contributed by atoms with E-state index in [1.54, 1.807) is 25.1 Å². The molecule has 0 unspecified atom stereocenters. The molecular weight excluding hydrogens is 360 g/mol. The molecule has 7 nitrogen and oxygen atoms in total. The predicted octanol–water partition coefficient (Wildman–Crippen LogP) is 1.75. The average molecular weight is 375 g/mol. The number of halogens is 1. The highest BCUT2D eigenvalue weighted by Crippen LogP contribution is 2.29. The van der Waals surface area contributed by atoms with E-state index >= 15 is 0 Å². The van der Waals surface area contributed by atoms with Gasteiger partial charge >= 0.3 is 0 Å². The summed E-state index contributed by atoms with van der Waals surface area (Å²) in [5, 5.41) is 6.36. The predicted molar refractivity (Wildman–Crippen MR) is 82.7 cm³/mol. The number of methoxy groups -OCH3 is 1. The lowest BCUT2D eigenvalue weighted by atomic mass is 10.3. The number of nitrogens with one attached hydrogen (secondary N) is 2. The Morgan fingerprint density at radius 3 is 2.81 bits per heavy atom. The molecule has 4 N–H and O–H groups in total. The van der Waals surface area contributed by atoms with Gasteiger partial charge in [0.2, 0.25) is 5.03 Å². The minimum atomic E-state index is -3.84. The number of aromatic nitrogens is 2. The number of hydrogen-bond acceptors (Lipinski definition) is 5. The van der Waals surface area contributed by atoms with Gasteiger partial charge in [0.25, 0.3) is 10.0 Å². The molecule has 0 fully saturated rings. The minimum absolute atomic E-state index is 0.0812. The monoisotopic (exact) mass is 374 g/mol. The van der Waals surface area contributed by atoms with E-state index in [2.05, 4.69) is 30.8 Å². The third-order valence-corrected chi connectivity index (χ3v) is 4.94. The summed E-state index contributed by atoms with van der Waals surface area (Å²) in [6.07, 6.45) is 0. The fourth-order valence-electron chi connectivity index (χ4n) is 1.80. The van der Waals surface area contributed by atoms with Gasteiger partial charge in [-0.3, -0.25) is 9.82 Å². The van der Waals surface area contributed by atoms with Crippen LogP contribution in [0.1, 0.15) is 11.3 Å². The molecule has 2 rings (SSSR count). The molecular formula is C12H15BrN4O3S. The lowest BCUT2D eigenvalue weighted by Crippen LogP contribution is -2.16. The highest BCUT2D eigenvalue weighted by atomic mass is 79.9. The van der Waals surface area contributed by atoms with Crippen molar-refractivity contribution in [1.29, 1.82) is 0 Å².